The molecule has 1 amide bonds. The fraction of sp³-hybridized carbons (Fsp3) is 0.346. The van der Waals surface area contributed by atoms with Gasteiger partial charge in [-0.25, -0.2) is 0 Å². The maximum absolute atomic E-state index is 12.1. The number of phenolic OH excluding ortho intramolecular Hbond substituents is 7. The Morgan fingerprint density at radius 2 is 0.726 bits per heavy atom. The molecule has 0 atom stereocenters. The minimum atomic E-state index is -0.568. The van der Waals surface area contributed by atoms with Gasteiger partial charge in [-0.05, 0) is 214 Å². The first-order valence-electron chi connectivity index (χ1n) is 31.7. The number of esters is 4. The van der Waals surface area contributed by atoms with E-state index < -0.39 is 21.7 Å². The van der Waals surface area contributed by atoms with Crippen molar-refractivity contribution in [1.29, 1.82) is 0 Å². The molecule has 0 fully saturated rings. The molecule has 506 valence electrons. The summed E-state index contributed by atoms with van der Waals surface area (Å²) in [5, 5.41) is 75.7. The smallest absolute Gasteiger partial charge is 0.316 e. The van der Waals surface area contributed by atoms with Gasteiger partial charge in [0.15, 0.2) is 11.5 Å². The third kappa shape index (κ3) is 19.5. The average molecular weight is 1300 g/mol. The number of aryl methyl sites for hydroxylation is 2. The number of benzene rings is 9. The van der Waals surface area contributed by atoms with Crippen molar-refractivity contribution < 1.29 is 78.7 Å². The van der Waals surface area contributed by atoms with Crippen LogP contribution < -0.4 is 24.3 Å². The van der Waals surface area contributed by atoms with Crippen molar-refractivity contribution in [3.63, 3.8) is 0 Å². The normalized spacial score (nSPS) is 11.5. The zero-order valence-corrected chi connectivity index (χ0v) is 57.7. The van der Waals surface area contributed by atoms with E-state index in [-0.39, 0.29) is 75.4 Å². The van der Waals surface area contributed by atoms with Crippen LogP contribution >= 0.6 is 0 Å². The third-order valence-corrected chi connectivity index (χ3v) is 17.4. The lowest BCUT2D eigenvalue weighted by atomic mass is 9.89. The Labute approximate surface area is 556 Å². The summed E-state index contributed by atoms with van der Waals surface area (Å²) in [7, 11) is 0. The lowest BCUT2D eigenvalue weighted by Crippen LogP contribution is -2.30. The lowest BCUT2D eigenvalue weighted by molar-refractivity contribution is -0.144. The Balaban J connectivity index is 0.000000215. The number of hydrogen-bond acceptors (Lipinski definition) is 16. The van der Waals surface area contributed by atoms with Gasteiger partial charge < -0.3 is 60.0 Å². The van der Waals surface area contributed by atoms with Crippen molar-refractivity contribution >= 4 is 78.6 Å². The highest BCUT2D eigenvalue weighted by Crippen LogP contribution is 2.39. The zero-order valence-electron chi connectivity index (χ0n) is 57.7. The fourth-order valence-electron chi connectivity index (χ4n) is 8.42. The number of ether oxygens (including phenoxy) is 4. The zero-order chi connectivity index (χ0) is 71.1. The number of phenols is 7. The molecule has 0 bridgehead atoms. The molecule has 9 aromatic carbocycles. The van der Waals surface area contributed by atoms with Crippen molar-refractivity contribution in [1.82, 2.24) is 0 Å². The van der Waals surface area contributed by atoms with Gasteiger partial charge in [0, 0.05) is 43.4 Å². The molecule has 0 aromatic heterocycles. The highest BCUT2D eigenvalue weighted by Gasteiger charge is 2.32. The van der Waals surface area contributed by atoms with Gasteiger partial charge >= 0.3 is 23.9 Å². The molecule has 0 unspecified atom stereocenters. The fourth-order valence-corrected chi connectivity index (χ4v) is 8.42. The monoisotopic (exact) mass is 1300 g/mol. The predicted octanol–water partition coefficient (Wildman–Crippen LogP) is 18.3. The first kappa shape index (κ1) is 75.7. The van der Waals surface area contributed by atoms with Crippen molar-refractivity contribution in [3.8, 4) is 63.2 Å². The first-order chi connectivity index (χ1) is 44.4. The predicted molar refractivity (Wildman–Crippen MR) is 375 cm³/mol. The summed E-state index contributed by atoms with van der Waals surface area (Å²) in [6.45, 7) is 32.0. The molecule has 0 heterocycles. The summed E-state index contributed by atoms with van der Waals surface area (Å²) in [4.78, 5) is 60.4. The van der Waals surface area contributed by atoms with E-state index in [1.54, 1.807) is 91.0 Å². The summed E-state index contributed by atoms with van der Waals surface area (Å²) in [5.74, 6) is 1.02. The summed E-state index contributed by atoms with van der Waals surface area (Å²) < 4.78 is 21.8. The van der Waals surface area contributed by atoms with Crippen LogP contribution in [-0.4, -0.2) is 65.5 Å². The molecule has 17 heteroatoms. The van der Waals surface area contributed by atoms with E-state index in [0.29, 0.717) is 75.6 Å². The number of aromatic hydroxyl groups is 7. The van der Waals surface area contributed by atoms with E-state index in [4.69, 9.17) is 18.9 Å². The second-order valence-electron chi connectivity index (χ2n) is 26.6. The molecule has 0 saturated heterocycles. The SMILES string of the molecule is CCC(C)(C)C(=O)Nc1cc(C)c(O)c(C)c1.CCC(C)(C)C(=O)Oc1ccc(O)c2cc(O)ccc12.CCC(C)(C)C(=O)Oc1ccc(O)c2ccccc12.CCC(C)(C)C(=O)Oc1ccc2cc(O)c(O)cc2c1.CCC(C)(C)C(=O)Oc1cccc2c(O)cccc12. The maximum atomic E-state index is 12.1. The van der Waals surface area contributed by atoms with Crippen LogP contribution in [0.2, 0.25) is 0 Å². The Bertz CT molecular complexity index is 4150. The van der Waals surface area contributed by atoms with Gasteiger partial charge in [0.05, 0.1) is 21.7 Å². The minimum Gasteiger partial charge on any atom is -0.508 e. The van der Waals surface area contributed by atoms with Gasteiger partial charge in [0.1, 0.15) is 51.7 Å². The number of carbonyl (C=O) groups excluding carboxylic acids is 5. The van der Waals surface area contributed by atoms with Crippen LogP contribution in [0.1, 0.15) is 147 Å². The van der Waals surface area contributed by atoms with Crippen LogP contribution in [0.5, 0.6) is 63.2 Å². The Morgan fingerprint density at radius 1 is 0.347 bits per heavy atom. The van der Waals surface area contributed by atoms with Gasteiger partial charge in [-0.2, -0.15) is 0 Å². The van der Waals surface area contributed by atoms with Crippen molar-refractivity contribution in [2.75, 3.05) is 5.32 Å². The quantitative estimate of drug-likeness (QED) is 0.0205. The van der Waals surface area contributed by atoms with Gasteiger partial charge in [0.25, 0.3) is 0 Å². The molecule has 0 radical (unpaired) electrons. The number of rotatable bonds is 15. The first-order valence-corrected chi connectivity index (χ1v) is 31.7. The topological polar surface area (TPSA) is 276 Å². The number of nitrogens with one attached hydrogen (secondary N) is 1. The number of anilines is 1. The molecule has 0 spiro atoms. The molecule has 95 heavy (non-hydrogen) atoms. The summed E-state index contributed by atoms with van der Waals surface area (Å²) in [6.07, 6.45) is 3.56. The average Bonchev–Trinajstić information content (AvgIpc) is 0.822. The molecule has 0 aliphatic carbocycles. The van der Waals surface area contributed by atoms with E-state index in [2.05, 4.69) is 5.32 Å². The summed E-state index contributed by atoms with van der Waals surface area (Å²) >= 11 is 0. The van der Waals surface area contributed by atoms with Crippen molar-refractivity contribution in [2.24, 2.45) is 27.1 Å². The molecule has 17 nitrogen and oxygen atoms in total. The van der Waals surface area contributed by atoms with Crippen molar-refractivity contribution in [2.45, 2.75) is 150 Å². The van der Waals surface area contributed by atoms with Gasteiger partial charge in [0.2, 0.25) is 5.91 Å². The highest BCUT2D eigenvalue weighted by molar-refractivity contribution is 5.98. The Kier molecular flexibility index (Phi) is 25.3. The standard InChI is InChI=1S/2C16H18O4.2C16H18O3.C14H21NO2/c1-4-16(2,3)15(19)20-12-6-5-10-8-13(17)14(18)9-11(10)7-12;1-4-16(2,3)15(19)20-14-8-7-13(18)12-9-10(17)5-6-11(12)14;1-4-16(2,3)15(18)19-14-10-6-7-11-12(14)8-5-9-13(11)17;1-4-16(2,3)15(18)19-14-10-9-13(17)11-7-5-6-8-12(11)14;1-6-14(4,5)13(17)15-11-7-9(2)12(16)10(3)8-11/h2*5-9,17-18H,4H2,1-3H3;2*5-10,17H,4H2,1-3H3;7-8,16H,6H2,1-5H3,(H,15,17). The van der Waals surface area contributed by atoms with Crippen LogP contribution in [0.25, 0.3) is 43.1 Å². The molecule has 0 aliphatic rings. The molecule has 0 aliphatic heterocycles. The number of carbonyl (C=O) groups is 5. The number of fused-ring (bicyclic) bond motifs is 4. The van der Waals surface area contributed by atoms with Crippen LogP contribution in [0.4, 0.5) is 5.69 Å². The Hall–Kier alpha value is -10.0. The lowest BCUT2D eigenvalue weighted by Gasteiger charge is -2.22. The van der Waals surface area contributed by atoms with Crippen LogP contribution in [0.3, 0.4) is 0 Å². The molecule has 9 rings (SSSR count). The van der Waals surface area contributed by atoms with E-state index in [9.17, 15) is 59.7 Å². The second-order valence-corrected chi connectivity index (χ2v) is 26.6. The van der Waals surface area contributed by atoms with Crippen LogP contribution in [-0.2, 0) is 24.0 Å². The second kappa shape index (κ2) is 31.7. The van der Waals surface area contributed by atoms with Gasteiger partial charge in [-0.1, -0.05) is 103 Å². The van der Waals surface area contributed by atoms with E-state index in [0.717, 1.165) is 39.4 Å². The molecular formula is C78H93NO16. The van der Waals surface area contributed by atoms with E-state index in [1.807, 2.05) is 142 Å². The number of amides is 1. The third-order valence-electron chi connectivity index (χ3n) is 17.4. The molecule has 8 N–H and O–H groups in total. The summed E-state index contributed by atoms with van der Waals surface area (Å²) in [6, 6.07) is 40.1. The van der Waals surface area contributed by atoms with E-state index >= 15 is 0 Å². The number of hydrogen-bond donors (Lipinski definition) is 8. The van der Waals surface area contributed by atoms with Crippen LogP contribution in [0, 0.1) is 40.9 Å². The minimum absolute atomic E-state index is 0.00416. The van der Waals surface area contributed by atoms with Gasteiger partial charge in [-0.15, -0.1) is 0 Å². The van der Waals surface area contributed by atoms with Gasteiger partial charge in [-0.3, -0.25) is 24.0 Å². The Morgan fingerprint density at radius 3 is 1.20 bits per heavy atom. The van der Waals surface area contributed by atoms with E-state index in [1.165, 1.54) is 30.3 Å². The summed E-state index contributed by atoms with van der Waals surface area (Å²) in [5.41, 5.74) is -0.223. The molecule has 9 aromatic rings. The van der Waals surface area contributed by atoms with Crippen molar-refractivity contribution in [3.05, 3.63) is 157 Å². The molecule has 0 saturated carbocycles. The maximum Gasteiger partial charge on any atom is 0.316 e. The van der Waals surface area contributed by atoms with Crippen LogP contribution in [0.15, 0.2) is 146 Å². The largest absolute Gasteiger partial charge is 0.508 e. The highest BCUT2D eigenvalue weighted by atomic mass is 16.5. The molecular weight excluding hydrogens is 1210 g/mol.